The molecule has 0 saturated heterocycles. The van der Waals surface area contributed by atoms with Crippen LogP contribution in [0.2, 0.25) is 0 Å². The van der Waals surface area contributed by atoms with Crippen LogP contribution in [0.4, 0.5) is 0 Å². The first-order valence-corrected chi connectivity index (χ1v) is 5.42. The minimum absolute atomic E-state index is 0.569. The Morgan fingerprint density at radius 3 is 2.62 bits per heavy atom. The molecule has 0 spiro atoms. The highest BCUT2D eigenvalue weighted by atomic mass is 16.5. The Labute approximate surface area is 97.1 Å². The van der Waals surface area contributed by atoms with Crippen LogP contribution >= 0.6 is 0 Å². The lowest BCUT2D eigenvalue weighted by molar-refractivity contribution is 0.121. The molecule has 0 saturated carbocycles. The molecule has 0 fully saturated rings. The number of hydrogen-bond acceptors (Lipinski definition) is 3. The summed E-state index contributed by atoms with van der Waals surface area (Å²) in [4.78, 5) is 0. The van der Waals surface area contributed by atoms with Gasteiger partial charge in [0.2, 0.25) is 0 Å². The van der Waals surface area contributed by atoms with Gasteiger partial charge in [0.1, 0.15) is 12.4 Å². The van der Waals surface area contributed by atoms with Crippen LogP contribution in [0, 0.1) is 0 Å². The minimum atomic E-state index is 0.569. The van der Waals surface area contributed by atoms with E-state index >= 15 is 0 Å². The average molecular weight is 221 g/mol. The maximum atomic E-state index is 5.51. The molecule has 0 unspecified atom stereocenters. The molecule has 0 heterocycles. The molecule has 0 amide bonds. The van der Waals surface area contributed by atoms with Gasteiger partial charge in [0, 0.05) is 6.54 Å². The molecular weight excluding hydrogens is 202 g/mol. The van der Waals surface area contributed by atoms with Crippen LogP contribution in [-0.4, -0.2) is 26.9 Å². The summed E-state index contributed by atoms with van der Waals surface area (Å²) in [5.41, 5.74) is 1.25. The van der Waals surface area contributed by atoms with Crippen LogP contribution in [0.15, 0.2) is 36.9 Å². The van der Waals surface area contributed by atoms with Crippen LogP contribution in [0.5, 0.6) is 5.75 Å². The van der Waals surface area contributed by atoms with E-state index in [0.29, 0.717) is 19.8 Å². The van der Waals surface area contributed by atoms with E-state index in [2.05, 4.69) is 24.0 Å². The molecule has 0 bridgehead atoms. The highest BCUT2D eigenvalue weighted by molar-refractivity contribution is 5.27. The van der Waals surface area contributed by atoms with Gasteiger partial charge in [-0.2, -0.15) is 0 Å². The molecule has 0 aliphatic carbocycles. The lowest BCUT2D eigenvalue weighted by atomic mass is 10.2. The van der Waals surface area contributed by atoms with E-state index in [1.165, 1.54) is 5.56 Å². The molecule has 3 nitrogen and oxygen atoms in total. The van der Waals surface area contributed by atoms with Crippen LogP contribution in [0.3, 0.4) is 0 Å². The quantitative estimate of drug-likeness (QED) is 0.538. The molecule has 16 heavy (non-hydrogen) atoms. The molecule has 0 radical (unpaired) electrons. The van der Waals surface area contributed by atoms with Crippen LogP contribution in [0.1, 0.15) is 5.56 Å². The van der Waals surface area contributed by atoms with Gasteiger partial charge in [0.05, 0.1) is 13.2 Å². The van der Waals surface area contributed by atoms with Gasteiger partial charge in [-0.25, -0.2) is 0 Å². The zero-order valence-electron chi connectivity index (χ0n) is 9.74. The number of rotatable bonds is 8. The van der Waals surface area contributed by atoms with Crippen molar-refractivity contribution in [1.82, 2.24) is 5.32 Å². The Morgan fingerprint density at radius 1 is 1.25 bits per heavy atom. The van der Waals surface area contributed by atoms with Crippen molar-refractivity contribution in [3.05, 3.63) is 42.5 Å². The SMILES string of the molecule is C=CCOCCOc1ccc(CNC)cc1. The van der Waals surface area contributed by atoms with Gasteiger partial charge >= 0.3 is 0 Å². The molecule has 0 aromatic heterocycles. The summed E-state index contributed by atoms with van der Waals surface area (Å²) in [6.45, 7) is 6.18. The first kappa shape index (κ1) is 12.7. The smallest absolute Gasteiger partial charge is 0.119 e. The Kier molecular flexibility index (Phi) is 6.30. The molecular formula is C13H19NO2. The predicted octanol–water partition coefficient (Wildman–Crippen LogP) is 1.99. The lowest BCUT2D eigenvalue weighted by Gasteiger charge is -2.07. The third kappa shape index (κ3) is 4.96. The maximum absolute atomic E-state index is 5.51. The third-order valence-electron chi connectivity index (χ3n) is 2.04. The summed E-state index contributed by atoms with van der Waals surface area (Å²) in [5.74, 6) is 0.877. The molecule has 88 valence electrons. The van der Waals surface area contributed by atoms with Crippen molar-refractivity contribution < 1.29 is 9.47 Å². The largest absolute Gasteiger partial charge is 0.491 e. The van der Waals surface area contributed by atoms with Crippen molar-refractivity contribution in [3.8, 4) is 5.75 Å². The molecule has 1 aromatic rings. The Hall–Kier alpha value is -1.32. The van der Waals surface area contributed by atoms with Crippen molar-refractivity contribution in [2.75, 3.05) is 26.9 Å². The summed E-state index contributed by atoms with van der Waals surface area (Å²) >= 11 is 0. The first-order chi connectivity index (χ1) is 7.86. The van der Waals surface area contributed by atoms with Crippen LogP contribution in [-0.2, 0) is 11.3 Å². The van der Waals surface area contributed by atoms with Gasteiger partial charge in [-0.15, -0.1) is 6.58 Å². The second-order valence-electron chi connectivity index (χ2n) is 3.39. The molecule has 0 aliphatic heterocycles. The standard InChI is InChI=1S/C13H19NO2/c1-3-8-15-9-10-16-13-6-4-12(5-7-13)11-14-2/h3-7,14H,1,8-11H2,2H3. The fourth-order valence-corrected chi connectivity index (χ4v) is 1.29. The number of ether oxygens (including phenoxy) is 2. The summed E-state index contributed by atoms with van der Waals surface area (Å²) in [7, 11) is 1.93. The second-order valence-corrected chi connectivity index (χ2v) is 3.39. The molecule has 0 atom stereocenters. The highest BCUT2D eigenvalue weighted by Gasteiger charge is 1.94. The van der Waals surface area contributed by atoms with E-state index in [9.17, 15) is 0 Å². The van der Waals surface area contributed by atoms with E-state index in [0.717, 1.165) is 12.3 Å². The summed E-state index contributed by atoms with van der Waals surface area (Å²) < 4.78 is 10.7. The van der Waals surface area contributed by atoms with E-state index in [4.69, 9.17) is 9.47 Å². The number of hydrogen-bond donors (Lipinski definition) is 1. The zero-order chi connectivity index (χ0) is 11.6. The van der Waals surface area contributed by atoms with E-state index < -0.39 is 0 Å². The summed E-state index contributed by atoms with van der Waals surface area (Å²) in [5, 5.41) is 3.10. The zero-order valence-corrected chi connectivity index (χ0v) is 9.74. The van der Waals surface area contributed by atoms with Gasteiger partial charge in [-0.1, -0.05) is 18.2 Å². The number of benzene rings is 1. The minimum Gasteiger partial charge on any atom is -0.491 e. The van der Waals surface area contributed by atoms with Crippen LogP contribution < -0.4 is 10.1 Å². The highest BCUT2D eigenvalue weighted by Crippen LogP contribution is 2.11. The van der Waals surface area contributed by atoms with E-state index in [1.807, 2.05) is 19.2 Å². The first-order valence-electron chi connectivity index (χ1n) is 5.42. The Morgan fingerprint density at radius 2 is 2.00 bits per heavy atom. The summed E-state index contributed by atoms with van der Waals surface area (Å²) in [6.07, 6.45) is 1.73. The molecule has 3 heteroatoms. The average Bonchev–Trinajstić information content (AvgIpc) is 2.31. The summed E-state index contributed by atoms with van der Waals surface area (Å²) in [6, 6.07) is 8.05. The molecule has 1 N–H and O–H groups in total. The Balaban J connectivity index is 2.23. The van der Waals surface area contributed by atoms with Gasteiger partial charge in [-0.05, 0) is 24.7 Å². The Bertz CT molecular complexity index is 295. The fourth-order valence-electron chi connectivity index (χ4n) is 1.29. The normalized spacial score (nSPS) is 10.1. The number of nitrogens with one attached hydrogen (secondary N) is 1. The molecule has 1 aromatic carbocycles. The van der Waals surface area contributed by atoms with Gasteiger partial charge in [0.15, 0.2) is 0 Å². The topological polar surface area (TPSA) is 30.5 Å². The van der Waals surface area contributed by atoms with Crippen LogP contribution in [0.25, 0.3) is 0 Å². The molecule has 1 rings (SSSR count). The third-order valence-corrected chi connectivity index (χ3v) is 2.04. The second kappa shape index (κ2) is 7.91. The maximum Gasteiger partial charge on any atom is 0.119 e. The molecule has 0 aliphatic rings. The van der Waals surface area contributed by atoms with Gasteiger partial charge < -0.3 is 14.8 Å². The van der Waals surface area contributed by atoms with Crippen molar-refractivity contribution in [1.29, 1.82) is 0 Å². The van der Waals surface area contributed by atoms with Gasteiger partial charge in [-0.3, -0.25) is 0 Å². The van der Waals surface area contributed by atoms with Crippen molar-refractivity contribution in [3.63, 3.8) is 0 Å². The monoisotopic (exact) mass is 221 g/mol. The van der Waals surface area contributed by atoms with Crippen molar-refractivity contribution in [2.24, 2.45) is 0 Å². The van der Waals surface area contributed by atoms with E-state index in [-0.39, 0.29) is 0 Å². The fraction of sp³-hybridized carbons (Fsp3) is 0.385. The lowest BCUT2D eigenvalue weighted by Crippen LogP contribution is -2.07. The van der Waals surface area contributed by atoms with E-state index in [1.54, 1.807) is 6.08 Å². The van der Waals surface area contributed by atoms with Gasteiger partial charge in [0.25, 0.3) is 0 Å². The van der Waals surface area contributed by atoms with Crippen molar-refractivity contribution in [2.45, 2.75) is 6.54 Å². The predicted molar refractivity (Wildman–Crippen MR) is 65.7 cm³/mol. The van der Waals surface area contributed by atoms with Crippen molar-refractivity contribution >= 4 is 0 Å².